The molecule has 0 aliphatic heterocycles. The summed E-state index contributed by atoms with van der Waals surface area (Å²) in [6.07, 6.45) is 0. The molecule has 0 aliphatic carbocycles. The number of aromatic nitrogens is 1. The minimum Gasteiger partial charge on any atom is -0.493 e. The molecule has 0 atom stereocenters. The maximum atomic E-state index is 12.0. The van der Waals surface area contributed by atoms with Crippen molar-refractivity contribution in [3.8, 4) is 5.88 Å². The number of nitrogens with zero attached hydrogens (tertiary/aromatic N) is 3. The van der Waals surface area contributed by atoms with Gasteiger partial charge < -0.3 is 9.67 Å². The fourth-order valence-corrected chi connectivity index (χ4v) is 2.72. The highest BCUT2D eigenvalue weighted by molar-refractivity contribution is 9.10. The van der Waals surface area contributed by atoms with E-state index in [1.807, 2.05) is 18.2 Å². The fourth-order valence-electron chi connectivity index (χ4n) is 2.23. The number of amides is 1. The molecule has 0 radical (unpaired) electrons. The molecule has 3 rings (SSSR count). The molecular formula is C16H11BrClN3O2. The van der Waals surface area contributed by atoms with E-state index in [0.717, 1.165) is 9.99 Å². The zero-order valence-electron chi connectivity index (χ0n) is 12.0. The van der Waals surface area contributed by atoms with Crippen molar-refractivity contribution in [3.63, 3.8) is 0 Å². The largest absolute Gasteiger partial charge is 0.493 e. The Bertz CT molecular complexity index is 933. The van der Waals surface area contributed by atoms with Crippen LogP contribution in [0.4, 0.5) is 5.69 Å². The summed E-state index contributed by atoms with van der Waals surface area (Å²) in [4.78, 5) is 12.0. The summed E-state index contributed by atoms with van der Waals surface area (Å²) >= 11 is 9.17. The summed E-state index contributed by atoms with van der Waals surface area (Å²) in [5, 5.41) is 19.1. The Balaban J connectivity index is 2.01. The molecular weight excluding hydrogens is 382 g/mol. The number of carbonyl (C=O) groups excluding carboxylic acids is 1. The number of aryl methyl sites for hydroxylation is 1. The van der Waals surface area contributed by atoms with Gasteiger partial charge in [-0.3, -0.25) is 4.79 Å². The van der Waals surface area contributed by atoms with E-state index in [0.29, 0.717) is 16.0 Å². The second-order valence-corrected chi connectivity index (χ2v) is 6.26. The number of aromatic hydroxyl groups is 1. The smallest absolute Gasteiger partial charge is 0.295 e. The molecule has 2 aromatic carbocycles. The Morgan fingerprint density at radius 2 is 1.91 bits per heavy atom. The number of fused-ring (bicyclic) bond motifs is 1. The van der Waals surface area contributed by atoms with Gasteiger partial charge >= 0.3 is 0 Å². The standard InChI is InChI=1S/C16H11BrClN3O2/c1-21-13-7-4-10(17)8-12(13)14(16(21)23)19-20-15(22)9-2-5-11(18)6-3-9/h2-8,23H,1H3. The van der Waals surface area contributed by atoms with Gasteiger partial charge in [0.25, 0.3) is 5.91 Å². The van der Waals surface area contributed by atoms with Crippen LogP contribution in [0, 0.1) is 0 Å². The molecule has 23 heavy (non-hydrogen) atoms. The number of benzene rings is 2. The van der Waals surface area contributed by atoms with Crippen molar-refractivity contribution >= 4 is 50.0 Å². The van der Waals surface area contributed by atoms with E-state index >= 15 is 0 Å². The zero-order chi connectivity index (χ0) is 16.6. The summed E-state index contributed by atoms with van der Waals surface area (Å²) in [5.41, 5.74) is 1.42. The van der Waals surface area contributed by atoms with E-state index in [2.05, 4.69) is 26.2 Å². The van der Waals surface area contributed by atoms with Crippen LogP contribution < -0.4 is 0 Å². The number of halogens is 2. The maximum Gasteiger partial charge on any atom is 0.295 e. The average molecular weight is 393 g/mol. The third-order valence-electron chi connectivity index (χ3n) is 3.44. The van der Waals surface area contributed by atoms with Gasteiger partial charge in [-0.25, -0.2) is 0 Å². The van der Waals surface area contributed by atoms with Gasteiger partial charge in [-0.1, -0.05) is 27.5 Å². The summed E-state index contributed by atoms with van der Waals surface area (Å²) in [6, 6.07) is 11.9. The zero-order valence-corrected chi connectivity index (χ0v) is 14.3. The number of azo groups is 1. The maximum absolute atomic E-state index is 12.0. The van der Waals surface area contributed by atoms with Crippen LogP contribution >= 0.6 is 27.5 Å². The topological polar surface area (TPSA) is 66.9 Å². The van der Waals surface area contributed by atoms with Crippen molar-refractivity contribution in [1.82, 2.24) is 4.57 Å². The van der Waals surface area contributed by atoms with Crippen LogP contribution in [0.15, 0.2) is 57.2 Å². The molecule has 0 bridgehead atoms. The molecule has 0 aliphatic rings. The summed E-state index contributed by atoms with van der Waals surface area (Å²) in [5.74, 6) is -0.557. The van der Waals surface area contributed by atoms with Gasteiger partial charge in [-0.05, 0) is 42.5 Å². The fraction of sp³-hybridized carbons (Fsp3) is 0.0625. The molecule has 1 N–H and O–H groups in total. The molecule has 3 aromatic rings. The Morgan fingerprint density at radius 1 is 1.22 bits per heavy atom. The summed E-state index contributed by atoms with van der Waals surface area (Å²) in [7, 11) is 1.71. The van der Waals surface area contributed by atoms with Gasteiger partial charge in [-0.15, -0.1) is 10.2 Å². The number of hydrogen-bond acceptors (Lipinski definition) is 3. The normalized spacial score (nSPS) is 11.4. The third-order valence-corrected chi connectivity index (χ3v) is 4.18. The lowest BCUT2D eigenvalue weighted by atomic mass is 10.2. The minimum absolute atomic E-state index is 0.0502. The van der Waals surface area contributed by atoms with E-state index in [4.69, 9.17) is 11.6 Å². The molecule has 1 amide bonds. The van der Waals surface area contributed by atoms with Crippen LogP contribution in [0.25, 0.3) is 10.9 Å². The Morgan fingerprint density at radius 3 is 2.61 bits per heavy atom. The Kier molecular flexibility index (Phi) is 4.19. The SMILES string of the molecule is Cn1c(O)c(N=NC(=O)c2ccc(Cl)cc2)c2cc(Br)ccc21. The molecule has 0 unspecified atom stereocenters. The molecule has 1 heterocycles. The molecule has 0 saturated heterocycles. The van der Waals surface area contributed by atoms with Crippen LogP contribution in [0.3, 0.4) is 0 Å². The lowest BCUT2D eigenvalue weighted by Gasteiger charge is -1.96. The van der Waals surface area contributed by atoms with Gasteiger partial charge in [-0.2, -0.15) is 0 Å². The van der Waals surface area contributed by atoms with Crippen LogP contribution in [0.5, 0.6) is 5.88 Å². The van der Waals surface area contributed by atoms with Crippen molar-refractivity contribution in [2.24, 2.45) is 17.3 Å². The van der Waals surface area contributed by atoms with Gasteiger partial charge in [0.15, 0.2) is 5.69 Å². The summed E-state index contributed by atoms with van der Waals surface area (Å²) < 4.78 is 2.43. The highest BCUT2D eigenvalue weighted by atomic mass is 79.9. The second kappa shape index (κ2) is 6.14. The van der Waals surface area contributed by atoms with E-state index in [1.165, 1.54) is 0 Å². The molecule has 5 nitrogen and oxygen atoms in total. The quantitative estimate of drug-likeness (QED) is 0.607. The van der Waals surface area contributed by atoms with Crippen LogP contribution in [0.1, 0.15) is 10.4 Å². The van der Waals surface area contributed by atoms with Crippen LogP contribution in [-0.2, 0) is 7.05 Å². The predicted octanol–water partition coefficient (Wildman–Crippen LogP) is 5.22. The van der Waals surface area contributed by atoms with Crippen LogP contribution in [-0.4, -0.2) is 15.6 Å². The van der Waals surface area contributed by atoms with Crippen molar-refractivity contribution < 1.29 is 9.90 Å². The average Bonchev–Trinajstić information content (AvgIpc) is 2.77. The van der Waals surface area contributed by atoms with Gasteiger partial charge in [0.2, 0.25) is 5.88 Å². The number of hydrogen-bond donors (Lipinski definition) is 1. The number of carbonyl (C=O) groups is 1. The van der Waals surface area contributed by atoms with Crippen molar-refractivity contribution in [2.45, 2.75) is 0 Å². The summed E-state index contributed by atoms with van der Waals surface area (Å²) in [6.45, 7) is 0. The van der Waals surface area contributed by atoms with Crippen molar-refractivity contribution in [3.05, 3.63) is 57.5 Å². The first-order valence-electron chi connectivity index (χ1n) is 6.66. The molecule has 116 valence electrons. The van der Waals surface area contributed by atoms with E-state index in [1.54, 1.807) is 35.9 Å². The first-order chi connectivity index (χ1) is 11.0. The first kappa shape index (κ1) is 15.7. The van der Waals surface area contributed by atoms with E-state index in [9.17, 15) is 9.90 Å². The van der Waals surface area contributed by atoms with Gasteiger partial charge in [0, 0.05) is 27.5 Å². The van der Waals surface area contributed by atoms with Gasteiger partial charge in [0.1, 0.15) is 0 Å². The second-order valence-electron chi connectivity index (χ2n) is 4.90. The van der Waals surface area contributed by atoms with Crippen molar-refractivity contribution in [1.29, 1.82) is 0 Å². The van der Waals surface area contributed by atoms with Gasteiger partial charge in [0.05, 0.1) is 5.52 Å². The highest BCUT2D eigenvalue weighted by Crippen LogP contribution is 2.39. The third kappa shape index (κ3) is 3.00. The molecule has 0 fully saturated rings. The predicted molar refractivity (Wildman–Crippen MR) is 92.6 cm³/mol. The minimum atomic E-state index is -0.506. The Labute approximate surface area is 145 Å². The molecule has 0 saturated carbocycles. The van der Waals surface area contributed by atoms with Crippen molar-refractivity contribution in [2.75, 3.05) is 0 Å². The number of rotatable bonds is 2. The molecule has 0 spiro atoms. The molecule has 1 aromatic heterocycles. The lowest BCUT2D eigenvalue weighted by Crippen LogP contribution is -1.92. The Hall–Kier alpha value is -2.18. The lowest BCUT2D eigenvalue weighted by molar-refractivity contribution is 0.0995. The van der Waals surface area contributed by atoms with E-state index < -0.39 is 5.91 Å². The first-order valence-corrected chi connectivity index (χ1v) is 7.83. The van der Waals surface area contributed by atoms with E-state index in [-0.39, 0.29) is 11.6 Å². The highest BCUT2D eigenvalue weighted by Gasteiger charge is 2.15. The molecule has 7 heteroatoms. The monoisotopic (exact) mass is 391 g/mol. The van der Waals surface area contributed by atoms with Crippen LogP contribution in [0.2, 0.25) is 5.02 Å².